The molecule has 0 aromatic heterocycles. The second kappa shape index (κ2) is 3.28. The molecule has 72 valence electrons. The first-order chi connectivity index (χ1) is 6.27. The van der Waals surface area contributed by atoms with Crippen molar-refractivity contribution in [2.24, 2.45) is 11.3 Å². The van der Waals surface area contributed by atoms with Gasteiger partial charge in [-0.3, -0.25) is 4.79 Å². The van der Waals surface area contributed by atoms with Crippen LogP contribution in [0.3, 0.4) is 0 Å². The Hall–Kier alpha value is -0.590. The normalized spacial score (nSPS) is 39.7. The zero-order valence-corrected chi connectivity index (χ0v) is 8.22. The van der Waals surface area contributed by atoms with Gasteiger partial charge in [0.2, 0.25) is 0 Å². The van der Waals surface area contributed by atoms with Gasteiger partial charge in [-0.1, -0.05) is 12.5 Å². The average molecular weight is 178 g/mol. The summed E-state index contributed by atoms with van der Waals surface area (Å²) in [5.41, 5.74) is 0.344. The van der Waals surface area contributed by atoms with Crippen LogP contribution in [0.4, 0.5) is 0 Å². The predicted octanol–water partition coefficient (Wildman–Crippen LogP) is 3.10. The summed E-state index contributed by atoms with van der Waals surface area (Å²) in [6, 6.07) is 0. The van der Waals surface area contributed by atoms with Crippen molar-refractivity contribution in [3.8, 4) is 0 Å². The van der Waals surface area contributed by atoms with Crippen LogP contribution in [0.15, 0.2) is 12.7 Å². The third-order valence-corrected chi connectivity index (χ3v) is 3.94. The standard InChI is InChI=1S/C12H18O/c1-2-10-5-3-7-12(10)8-4-6-11(13)9-12/h2,10H,1,3-9H2. The van der Waals surface area contributed by atoms with E-state index in [1.807, 2.05) is 0 Å². The minimum absolute atomic E-state index is 0.344. The molecule has 0 aromatic rings. The Bertz CT molecular complexity index is 231. The van der Waals surface area contributed by atoms with Gasteiger partial charge in [0, 0.05) is 12.8 Å². The van der Waals surface area contributed by atoms with Gasteiger partial charge < -0.3 is 0 Å². The van der Waals surface area contributed by atoms with Crippen LogP contribution in [0.5, 0.6) is 0 Å². The van der Waals surface area contributed by atoms with Crippen LogP contribution >= 0.6 is 0 Å². The van der Waals surface area contributed by atoms with E-state index in [1.54, 1.807) is 0 Å². The maximum atomic E-state index is 11.5. The van der Waals surface area contributed by atoms with Crippen molar-refractivity contribution in [3.05, 3.63) is 12.7 Å². The number of hydrogen-bond donors (Lipinski definition) is 0. The molecule has 0 aromatic carbocycles. The Morgan fingerprint density at radius 1 is 1.38 bits per heavy atom. The van der Waals surface area contributed by atoms with Crippen LogP contribution < -0.4 is 0 Å². The van der Waals surface area contributed by atoms with Crippen LogP contribution in [0.2, 0.25) is 0 Å². The summed E-state index contributed by atoms with van der Waals surface area (Å²) >= 11 is 0. The maximum Gasteiger partial charge on any atom is 0.133 e. The van der Waals surface area contributed by atoms with Crippen molar-refractivity contribution in [1.29, 1.82) is 0 Å². The highest BCUT2D eigenvalue weighted by atomic mass is 16.1. The fraction of sp³-hybridized carbons (Fsp3) is 0.750. The quantitative estimate of drug-likeness (QED) is 0.564. The number of rotatable bonds is 1. The van der Waals surface area contributed by atoms with Crippen molar-refractivity contribution in [3.63, 3.8) is 0 Å². The maximum absolute atomic E-state index is 11.5. The van der Waals surface area contributed by atoms with Gasteiger partial charge in [0.25, 0.3) is 0 Å². The number of carbonyl (C=O) groups excluding carboxylic acids is 1. The van der Waals surface area contributed by atoms with E-state index in [4.69, 9.17) is 0 Å². The van der Waals surface area contributed by atoms with Crippen LogP contribution in [-0.2, 0) is 4.79 Å². The van der Waals surface area contributed by atoms with Gasteiger partial charge in [0.15, 0.2) is 0 Å². The summed E-state index contributed by atoms with van der Waals surface area (Å²) < 4.78 is 0. The first-order valence-electron chi connectivity index (χ1n) is 5.41. The third-order valence-electron chi connectivity index (χ3n) is 3.94. The molecule has 2 aliphatic carbocycles. The molecule has 2 aliphatic rings. The first kappa shape index (κ1) is 8.98. The number of Topliss-reactive ketones (excluding diaryl/α,β-unsaturated/α-hetero) is 1. The van der Waals surface area contributed by atoms with E-state index in [0.717, 1.165) is 19.3 Å². The molecule has 2 unspecified atom stereocenters. The molecule has 13 heavy (non-hydrogen) atoms. The molecule has 2 fully saturated rings. The van der Waals surface area contributed by atoms with Gasteiger partial charge >= 0.3 is 0 Å². The number of hydrogen-bond acceptors (Lipinski definition) is 1. The van der Waals surface area contributed by atoms with Crippen molar-refractivity contribution < 1.29 is 4.79 Å². The van der Waals surface area contributed by atoms with Gasteiger partial charge in [-0.15, -0.1) is 6.58 Å². The summed E-state index contributed by atoms with van der Waals surface area (Å²) in [6.07, 6.45) is 9.94. The molecule has 0 heterocycles. The molecule has 0 amide bonds. The molecule has 1 heteroatoms. The number of ketones is 1. The first-order valence-corrected chi connectivity index (χ1v) is 5.41. The molecule has 0 saturated heterocycles. The molecule has 0 radical (unpaired) electrons. The molecule has 0 aliphatic heterocycles. The Labute approximate surface area is 80.2 Å². The zero-order chi connectivity index (χ0) is 9.31. The smallest absolute Gasteiger partial charge is 0.133 e. The summed E-state index contributed by atoms with van der Waals surface area (Å²) in [5, 5.41) is 0. The van der Waals surface area contributed by atoms with Crippen molar-refractivity contribution >= 4 is 5.78 Å². The molecular weight excluding hydrogens is 160 g/mol. The average Bonchev–Trinajstić information content (AvgIpc) is 2.47. The van der Waals surface area contributed by atoms with Crippen molar-refractivity contribution in [2.75, 3.05) is 0 Å². The van der Waals surface area contributed by atoms with Gasteiger partial charge in [0.05, 0.1) is 0 Å². The monoisotopic (exact) mass is 178 g/mol. The summed E-state index contributed by atoms with van der Waals surface area (Å²) in [4.78, 5) is 11.5. The molecule has 2 atom stereocenters. The Balaban J connectivity index is 2.17. The molecule has 1 nitrogen and oxygen atoms in total. The Morgan fingerprint density at radius 2 is 2.15 bits per heavy atom. The van der Waals surface area contributed by atoms with Gasteiger partial charge in [-0.05, 0) is 37.0 Å². The molecule has 0 N–H and O–H groups in total. The van der Waals surface area contributed by atoms with Crippen LogP contribution in [0.1, 0.15) is 44.9 Å². The second-order valence-corrected chi connectivity index (χ2v) is 4.67. The van der Waals surface area contributed by atoms with Gasteiger partial charge in [-0.25, -0.2) is 0 Å². The van der Waals surface area contributed by atoms with E-state index in [-0.39, 0.29) is 0 Å². The van der Waals surface area contributed by atoms with E-state index in [9.17, 15) is 4.79 Å². The predicted molar refractivity (Wildman–Crippen MR) is 53.4 cm³/mol. The molecule has 2 rings (SSSR count). The van der Waals surface area contributed by atoms with Crippen LogP contribution in [0, 0.1) is 11.3 Å². The minimum Gasteiger partial charge on any atom is -0.300 e. The lowest BCUT2D eigenvalue weighted by Crippen LogP contribution is -2.31. The lowest BCUT2D eigenvalue weighted by Gasteiger charge is -2.36. The fourth-order valence-corrected chi connectivity index (χ4v) is 3.27. The lowest BCUT2D eigenvalue weighted by atomic mass is 9.67. The number of carbonyl (C=O) groups is 1. The zero-order valence-electron chi connectivity index (χ0n) is 8.22. The summed E-state index contributed by atoms with van der Waals surface area (Å²) in [5.74, 6) is 1.11. The molecule has 2 saturated carbocycles. The second-order valence-electron chi connectivity index (χ2n) is 4.67. The van der Waals surface area contributed by atoms with Gasteiger partial charge in [-0.2, -0.15) is 0 Å². The highest BCUT2D eigenvalue weighted by Gasteiger charge is 2.43. The highest BCUT2D eigenvalue weighted by molar-refractivity contribution is 5.80. The van der Waals surface area contributed by atoms with E-state index in [2.05, 4.69) is 12.7 Å². The lowest BCUT2D eigenvalue weighted by molar-refractivity contribution is -0.124. The Kier molecular flexibility index (Phi) is 2.27. The van der Waals surface area contributed by atoms with E-state index >= 15 is 0 Å². The fourth-order valence-electron chi connectivity index (χ4n) is 3.27. The van der Waals surface area contributed by atoms with Crippen molar-refractivity contribution in [2.45, 2.75) is 44.9 Å². The topological polar surface area (TPSA) is 17.1 Å². The van der Waals surface area contributed by atoms with Gasteiger partial charge in [0.1, 0.15) is 5.78 Å². The summed E-state index contributed by atoms with van der Waals surface area (Å²) in [7, 11) is 0. The molecule has 1 spiro atoms. The highest BCUT2D eigenvalue weighted by Crippen LogP contribution is 2.52. The van der Waals surface area contributed by atoms with E-state index in [1.165, 1.54) is 25.7 Å². The minimum atomic E-state index is 0.344. The van der Waals surface area contributed by atoms with Crippen molar-refractivity contribution in [1.82, 2.24) is 0 Å². The largest absolute Gasteiger partial charge is 0.300 e. The Morgan fingerprint density at radius 3 is 2.85 bits per heavy atom. The van der Waals surface area contributed by atoms with Crippen LogP contribution in [0.25, 0.3) is 0 Å². The van der Waals surface area contributed by atoms with E-state index in [0.29, 0.717) is 17.1 Å². The third kappa shape index (κ3) is 1.45. The molecular formula is C12H18O. The summed E-state index contributed by atoms with van der Waals surface area (Å²) in [6.45, 7) is 3.91. The number of allylic oxidation sites excluding steroid dienone is 1. The van der Waals surface area contributed by atoms with Crippen LogP contribution in [-0.4, -0.2) is 5.78 Å². The molecule has 0 bridgehead atoms. The van der Waals surface area contributed by atoms with E-state index < -0.39 is 0 Å². The SMILES string of the molecule is C=CC1CCCC12CCCC(=O)C2.